The number of hydrogen-bond acceptors (Lipinski definition) is 3. The van der Waals surface area contributed by atoms with Gasteiger partial charge in [-0.2, -0.15) is 0 Å². The number of carbonyl (C=O) groups excluding carboxylic acids is 1. The van der Waals surface area contributed by atoms with E-state index in [4.69, 9.17) is 22.1 Å². The highest BCUT2D eigenvalue weighted by Crippen LogP contribution is 2.12. The molecule has 0 unspecified atom stereocenters. The van der Waals surface area contributed by atoms with E-state index in [1.807, 2.05) is 24.3 Å². The zero-order valence-corrected chi connectivity index (χ0v) is 10.5. The van der Waals surface area contributed by atoms with Gasteiger partial charge >= 0.3 is 5.97 Å². The van der Waals surface area contributed by atoms with Gasteiger partial charge in [-0.25, -0.2) is 4.79 Å². The van der Waals surface area contributed by atoms with Crippen molar-refractivity contribution in [1.82, 2.24) is 0 Å². The van der Waals surface area contributed by atoms with E-state index >= 15 is 0 Å². The Kier molecular flexibility index (Phi) is 5.57. The first kappa shape index (κ1) is 13.6. The number of nitrogens with two attached hydrogens (primary N) is 1. The van der Waals surface area contributed by atoms with Gasteiger partial charge in [0.1, 0.15) is 0 Å². The van der Waals surface area contributed by atoms with E-state index in [-0.39, 0.29) is 5.97 Å². The number of allylic oxidation sites excluding steroid dienone is 1. The van der Waals surface area contributed by atoms with Gasteiger partial charge in [-0.3, -0.25) is 0 Å². The molecular weight excluding hydrogens is 238 g/mol. The Morgan fingerprint density at radius 3 is 2.65 bits per heavy atom. The second kappa shape index (κ2) is 6.97. The molecular formula is C13H16ClNO2. The molecule has 0 spiro atoms. The highest BCUT2D eigenvalue weighted by Gasteiger charge is 2.00. The van der Waals surface area contributed by atoms with Crippen LogP contribution in [0.15, 0.2) is 36.0 Å². The fraction of sp³-hybridized carbons (Fsp3) is 0.308. The summed E-state index contributed by atoms with van der Waals surface area (Å²) in [5, 5.41) is 0.712. The summed E-state index contributed by atoms with van der Waals surface area (Å²) in [4.78, 5) is 11.1. The Morgan fingerprint density at radius 2 is 2.06 bits per heavy atom. The van der Waals surface area contributed by atoms with Crippen LogP contribution in [0.3, 0.4) is 0 Å². The smallest absolute Gasteiger partial charge is 0.332 e. The molecule has 0 fully saturated rings. The number of hydrogen-bond donors (Lipinski definition) is 1. The minimum absolute atomic E-state index is 0.361. The average Bonchev–Trinajstić information content (AvgIpc) is 2.28. The van der Waals surface area contributed by atoms with Crippen LogP contribution in [0.25, 0.3) is 0 Å². The van der Waals surface area contributed by atoms with Crippen LogP contribution in [-0.2, 0) is 16.0 Å². The SMILES string of the molecule is CCOC(=O)/C=C(\N)CCc1ccc(Cl)cc1. The van der Waals surface area contributed by atoms with E-state index in [1.54, 1.807) is 6.92 Å². The van der Waals surface area contributed by atoms with Crippen LogP contribution >= 0.6 is 11.6 Å². The van der Waals surface area contributed by atoms with Crippen molar-refractivity contribution in [3.05, 3.63) is 46.6 Å². The molecule has 0 aliphatic heterocycles. The lowest BCUT2D eigenvalue weighted by Gasteiger charge is -2.03. The summed E-state index contributed by atoms with van der Waals surface area (Å²) in [7, 11) is 0. The first-order valence-electron chi connectivity index (χ1n) is 5.49. The lowest BCUT2D eigenvalue weighted by Crippen LogP contribution is -2.06. The molecule has 1 aromatic carbocycles. The zero-order valence-electron chi connectivity index (χ0n) is 9.78. The van der Waals surface area contributed by atoms with Crippen molar-refractivity contribution in [3.63, 3.8) is 0 Å². The van der Waals surface area contributed by atoms with E-state index in [2.05, 4.69) is 0 Å². The molecule has 0 aliphatic rings. The molecule has 1 rings (SSSR count). The van der Waals surface area contributed by atoms with E-state index in [0.717, 1.165) is 12.0 Å². The Balaban J connectivity index is 2.45. The highest BCUT2D eigenvalue weighted by molar-refractivity contribution is 6.30. The molecule has 0 radical (unpaired) electrons. The fourth-order valence-electron chi connectivity index (χ4n) is 1.35. The van der Waals surface area contributed by atoms with Crippen molar-refractivity contribution in [2.45, 2.75) is 19.8 Å². The van der Waals surface area contributed by atoms with Crippen LogP contribution in [0.1, 0.15) is 18.9 Å². The fourth-order valence-corrected chi connectivity index (χ4v) is 1.47. The summed E-state index contributed by atoms with van der Waals surface area (Å²) in [6, 6.07) is 7.56. The number of esters is 1. The highest BCUT2D eigenvalue weighted by atomic mass is 35.5. The van der Waals surface area contributed by atoms with E-state index in [1.165, 1.54) is 6.08 Å². The maximum atomic E-state index is 11.1. The van der Waals surface area contributed by atoms with Gasteiger partial charge in [0, 0.05) is 16.8 Å². The van der Waals surface area contributed by atoms with Crippen LogP contribution in [0.4, 0.5) is 0 Å². The molecule has 2 N–H and O–H groups in total. The van der Waals surface area contributed by atoms with Gasteiger partial charge < -0.3 is 10.5 Å². The van der Waals surface area contributed by atoms with Crippen LogP contribution in [0.5, 0.6) is 0 Å². The molecule has 17 heavy (non-hydrogen) atoms. The summed E-state index contributed by atoms with van der Waals surface area (Å²) in [5.41, 5.74) is 7.38. The number of rotatable bonds is 5. The summed E-state index contributed by atoms with van der Waals surface area (Å²) < 4.78 is 4.77. The number of benzene rings is 1. The third-order valence-electron chi connectivity index (χ3n) is 2.21. The van der Waals surface area contributed by atoms with Crippen molar-refractivity contribution >= 4 is 17.6 Å². The second-order valence-electron chi connectivity index (χ2n) is 3.60. The quantitative estimate of drug-likeness (QED) is 0.648. The summed E-state index contributed by atoms with van der Waals surface area (Å²) in [5.74, 6) is -0.388. The molecule has 0 saturated carbocycles. The molecule has 1 aromatic rings. The van der Waals surface area contributed by atoms with Crippen LogP contribution in [0, 0.1) is 0 Å². The predicted octanol–water partition coefficient (Wildman–Crippen LogP) is 2.68. The monoisotopic (exact) mass is 253 g/mol. The topological polar surface area (TPSA) is 52.3 Å². The van der Waals surface area contributed by atoms with Gasteiger partial charge in [0.25, 0.3) is 0 Å². The third-order valence-corrected chi connectivity index (χ3v) is 2.46. The molecule has 0 aromatic heterocycles. The Labute approximate surface area is 106 Å². The van der Waals surface area contributed by atoms with E-state index in [9.17, 15) is 4.79 Å². The molecule has 0 saturated heterocycles. The molecule has 0 aliphatic carbocycles. The van der Waals surface area contributed by atoms with Crippen LogP contribution in [0.2, 0.25) is 5.02 Å². The molecule has 0 atom stereocenters. The van der Waals surface area contributed by atoms with E-state index < -0.39 is 0 Å². The van der Waals surface area contributed by atoms with E-state index in [0.29, 0.717) is 23.7 Å². The van der Waals surface area contributed by atoms with Crippen molar-refractivity contribution in [1.29, 1.82) is 0 Å². The first-order valence-corrected chi connectivity index (χ1v) is 5.87. The maximum absolute atomic E-state index is 11.1. The van der Waals surface area contributed by atoms with Gasteiger partial charge in [-0.1, -0.05) is 23.7 Å². The Morgan fingerprint density at radius 1 is 1.41 bits per heavy atom. The standard InChI is InChI=1S/C13H16ClNO2/c1-2-17-13(16)9-12(15)8-5-10-3-6-11(14)7-4-10/h3-4,6-7,9H,2,5,8,15H2,1H3/b12-9-. The minimum Gasteiger partial charge on any atom is -0.463 e. The molecule has 3 nitrogen and oxygen atoms in total. The molecule has 0 heterocycles. The third kappa shape index (κ3) is 5.41. The Bertz CT molecular complexity index is 398. The number of halogens is 1. The van der Waals surface area contributed by atoms with Crippen LogP contribution in [-0.4, -0.2) is 12.6 Å². The number of carbonyl (C=O) groups is 1. The predicted molar refractivity (Wildman–Crippen MR) is 68.7 cm³/mol. The Hall–Kier alpha value is -1.48. The van der Waals surface area contributed by atoms with Crippen molar-refractivity contribution < 1.29 is 9.53 Å². The van der Waals surface area contributed by atoms with Gasteiger partial charge in [-0.05, 0) is 37.5 Å². The van der Waals surface area contributed by atoms with Crippen molar-refractivity contribution in [2.24, 2.45) is 5.73 Å². The second-order valence-corrected chi connectivity index (χ2v) is 4.03. The average molecular weight is 254 g/mol. The van der Waals surface area contributed by atoms with Gasteiger partial charge in [0.15, 0.2) is 0 Å². The molecule has 92 valence electrons. The van der Waals surface area contributed by atoms with Crippen molar-refractivity contribution in [2.75, 3.05) is 6.61 Å². The minimum atomic E-state index is -0.388. The normalized spacial score (nSPS) is 11.3. The molecule has 0 amide bonds. The molecule has 4 heteroatoms. The van der Waals surface area contributed by atoms with Gasteiger partial charge in [0.2, 0.25) is 0 Å². The maximum Gasteiger partial charge on any atom is 0.332 e. The van der Waals surface area contributed by atoms with Gasteiger partial charge in [-0.15, -0.1) is 0 Å². The first-order chi connectivity index (χ1) is 8.11. The summed E-state index contributed by atoms with van der Waals surface area (Å²) in [6.45, 7) is 2.12. The zero-order chi connectivity index (χ0) is 12.7. The number of aryl methyl sites for hydroxylation is 1. The van der Waals surface area contributed by atoms with Crippen molar-refractivity contribution in [3.8, 4) is 0 Å². The lowest BCUT2D eigenvalue weighted by atomic mass is 10.1. The lowest BCUT2D eigenvalue weighted by molar-refractivity contribution is -0.137. The largest absolute Gasteiger partial charge is 0.463 e. The summed E-state index contributed by atoms with van der Waals surface area (Å²) in [6.07, 6.45) is 2.73. The van der Waals surface area contributed by atoms with Crippen LogP contribution < -0.4 is 5.73 Å². The van der Waals surface area contributed by atoms with Gasteiger partial charge in [0.05, 0.1) is 6.61 Å². The molecule has 0 bridgehead atoms. The number of ether oxygens (including phenoxy) is 1. The summed E-state index contributed by atoms with van der Waals surface area (Å²) >= 11 is 5.78.